The number of anilines is 1. The minimum Gasteiger partial charge on any atom is -0.497 e. The molecule has 0 unspecified atom stereocenters. The normalized spacial score (nSPS) is 17.6. The van der Waals surface area contributed by atoms with Crippen LogP contribution in [0.15, 0.2) is 65.2 Å². The fraction of sp³-hybridized carbons (Fsp3) is 0.333. The molecule has 1 aliphatic heterocycles. The molecule has 2 aliphatic rings. The fourth-order valence-electron chi connectivity index (χ4n) is 4.23. The number of benzene rings is 2. The van der Waals surface area contributed by atoms with Gasteiger partial charge >= 0.3 is 0 Å². The molecule has 0 atom stereocenters. The first-order valence-corrected chi connectivity index (χ1v) is 10.4. The SMILES string of the molecule is COc1cccc(-c2cc(C3(C(=O)N4CCN(c5ccccc5)CC4)CC3)no2)c1. The molecule has 154 valence electrons. The van der Waals surface area contributed by atoms with Crippen LogP contribution in [-0.2, 0) is 10.2 Å². The van der Waals surface area contributed by atoms with Crippen LogP contribution >= 0.6 is 0 Å². The van der Waals surface area contributed by atoms with Gasteiger partial charge in [0.25, 0.3) is 0 Å². The van der Waals surface area contributed by atoms with Gasteiger partial charge in [-0.05, 0) is 37.1 Å². The first kappa shape index (κ1) is 18.7. The number of piperazine rings is 1. The van der Waals surface area contributed by atoms with E-state index in [4.69, 9.17) is 9.26 Å². The van der Waals surface area contributed by atoms with Crippen LogP contribution in [0.4, 0.5) is 5.69 Å². The molecule has 0 radical (unpaired) electrons. The molecule has 2 fully saturated rings. The molecule has 0 spiro atoms. The summed E-state index contributed by atoms with van der Waals surface area (Å²) in [5.41, 5.74) is 2.34. The lowest BCUT2D eigenvalue weighted by Gasteiger charge is -2.37. The minimum atomic E-state index is -0.518. The highest BCUT2D eigenvalue weighted by Gasteiger charge is 2.55. The van der Waals surface area contributed by atoms with Gasteiger partial charge in [0.15, 0.2) is 5.76 Å². The number of rotatable bonds is 5. The molecule has 2 aromatic carbocycles. The van der Waals surface area contributed by atoms with Crippen molar-refractivity contribution in [2.24, 2.45) is 0 Å². The smallest absolute Gasteiger partial charge is 0.235 e. The van der Waals surface area contributed by atoms with Crippen LogP contribution in [0.1, 0.15) is 18.5 Å². The van der Waals surface area contributed by atoms with E-state index in [1.165, 1.54) is 5.69 Å². The van der Waals surface area contributed by atoms with Gasteiger partial charge in [-0.2, -0.15) is 0 Å². The molecule has 2 heterocycles. The van der Waals surface area contributed by atoms with E-state index in [1.54, 1.807) is 7.11 Å². The Kier molecular flexibility index (Phi) is 4.69. The van der Waals surface area contributed by atoms with Gasteiger partial charge in [-0.1, -0.05) is 35.5 Å². The Morgan fingerprint density at radius 1 is 1.00 bits per heavy atom. The summed E-state index contributed by atoms with van der Waals surface area (Å²) in [6, 6.07) is 20.0. The van der Waals surface area contributed by atoms with Gasteiger partial charge in [0.1, 0.15) is 5.75 Å². The van der Waals surface area contributed by atoms with E-state index >= 15 is 0 Å². The van der Waals surface area contributed by atoms with Crippen LogP contribution in [0.5, 0.6) is 5.75 Å². The predicted molar refractivity (Wildman–Crippen MR) is 115 cm³/mol. The number of carbonyl (C=O) groups excluding carboxylic acids is 1. The van der Waals surface area contributed by atoms with Gasteiger partial charge in [0.05, 0.1) is 18.2 Å². The molecule has 0 N–H and O–H groups in total. The van der Waals surface area contributed by atoms with E-state index in [-0.39, 0.29) is 5.91 Å². The third-order valence-corrected chi connectivity index (χ3v) is 6.20. The standard InChI is InChI=1S/C24H25N3O3/c1-29-20-9-5-6-18(16-20)21-17-22(25-30-21)24(10-11-24)23(28)27-14-12-26(13-15-27)19-7-3-2-4-8-19/h2-9,16-17H,10-15H2,1H3. The molecule has 30 heavy (non-hydrogen) atoms. The van der Waals surface area contributed by atoms with Gasteiger partial charge in [0, 0.05) is 43.5 Å². The van der Waals surface area contributed by atoms with Crippen molar-refractivity contribution in [2.75, 3.05) is 38.2 Å². The number of amides is 1. The van der Waals surface area contributed by atoms with Crippen molar-refractivity contribution >= 4 is 11.6 Å². The molecule has 3 aromatic rings. The largest absolute Gasteiger partial charge is 0.497 e. The Morgan fingerprint density at radius 2 is 1.77 bits per heavy atom. The van der Waals surface area contributed by atoms with Gasteiger partial charge in [-0.3, -0.25) is 4.79 Å². The van der Waals surface area contributed by atoms with Gasteiger partial charge in [0.2, 0.25) is 5.91 Å². The topological polar surface area (TPSA) is 58.8 Å². The zero-order valence-corrected chi connectivity index (χ0v) is 17.1. The molecule has 6 nitrogen and oxygen atoms in total. The molecule has 1 aromatic heterocycles. The van der Waals surface area contributed by atoms with Crippen molar-refractivity contribution in [1.29, 1.82) is 0 Å². The number of aromatic nitrogens is 1. The van der Waals surface area contributed by atoms with E-state index in [0.717, 1.165) is 56.0 Å². The molecule has 1 saturated heterocycles. The molecular weight excluding hydrogens is 378 g/mol. The van der Waals surface area contributed by atoms with E-state index in [1.807, 2.05) is 41.3 Å². The monoisotopic (exact) mass is 403 g/mol. The second-order valence-corrected chi connectivity index (χ2v) is 8.01. The third-order valence-electron chi connectivity index (χ3n) is 6.20. The predicted octanol–water partition coefficient (Wildman–Crippen LogP) is 3.73. The Balaban J connectivity index is 1.29. The number of methoxy groups -OCH3 is 1. The van der Waals surface area contributed by atoms with Gasteiger partial charge in [-0.25, -0.2) is 0 Å². The number of hydrogen-bond donors (Lipinski definition) is 0. The number of hydrogen-bond acceptors (Lipinski definition) is 5. The van der Waals surface area contributed by atoms with E-state index < -0.39 is 5.41 Å². The molecule has 6 heteroatoms. The van der Waals surface area contributed by atoms with E-state index in [0.29, 0.717) is 5.76 Å². The summed E-state index contributed by atoms with van der Waals surface area (Å²) < 4.78 is 10.9. The third kappa shape index (κ3) is 3.32. The zero-order valence-electron chi connectivity index (χ0n) is 17.1. The summed E-state index contributed by atoms with van der Waals surface area (Å²) in [5, 5.41) is 4.29. The van der Waals surface area contributed by atoms with Crippen LogP contribution in [-0.4, -0.2) is 49.3 Å². The maximum atomic E-state index is 13.4. The Morgan fingerprint density at radius 3 is 2.47 bits per heavy atom. The zero-order chi connectivity index (χ0) is 20.6. The number of para-hydroxylation sites is 1. The highest BCUT2D eigenvalue weighted by molar-refractivity contribution is 5.91. The maximum Gasteiger partial charge on any atom is 0.235 e. The first-order chi connectivity index (χ1) is 14.7. The van der Waals surface area contributed by atoms with Crippen LogP contribution in [0.3, 0.4) is 0 Å². The Hall–Kier alpha value is -3.28. The van der Waals surface area contributed by atoms with Crippen molar-refractivity contribution in [3.8, 4) is 17.1 Å². The van der Waals surface area contributed by atoms with E-state index in [2.05, 4.69) is 34.3 Å². The van der Waals surface area contributed by atoms with Crippen molar-refractivity contribution in [3.63, 3.8) is 0 Å². The molecule has 0 bridgehead atoms. The molecule has 5 rings (SSSR count). The van der Waals surface area contributed by atoms with Crippen molar-refractivity contribution in [3.05, 3.63) is 66.4 Å². The molecule has 1 amide bonds. The summed E-state index contributed by atoms with van der Waals surface area (Å²) in [6.07, 6.45) is 1.66. The van der Waals surface area contributed by atoms with Gasteiger partial charge < -0.3 is 19.1 Å². The second-order valence-electron chi connectivity index (χ2n) is 8.01. The number of nitrogens with zero attached hydrogens (tertiary/aromatic N) is 3. The molecule has 1 aliphatic carbocycles. The van der Waals surface area contributed by atoms with Crippen molar-refractivity contribution < 1.29 is 14.1 Å². The summed E-state index contributed by atoms with van der Waals surface area (Å²) in [7, 11) is 1.64. The quantitative estimate of drug-likeness (QED) is 0.650. The van der Waals surface area contributed by atoms with Crippen LogP contribution < -0.4 is 9.64 Å². The van der Waals surface area contributed by atoms with Crippen LogP contribution in [0, 0.1) is 0 Å². The maximum absolute atomic E-state index is 13.4. The highest BCUT2D eigenvalue weighted by atomic mass is 16.5. The summed E-state index contributed by atoms with van der Waals surface area (Å²) in [6.45, 7) is 3.16. The number of carbonyl (C=O) groups is 1. The van der Waals surface area contributed by atoms with E-state index in [9.17, 15) is 4.79 Å². The van der Waals surface area contributed by atoms with Crippen LogP contribution in [0.2, 0.25) is 0 Å². The molecule has 1 saturated carbocycles. The Bertz CT molecular complexity index is 1030. The lowest BCUT2D eigenvalue weighted by atomic mass is 9.99. The summed E-state index contributed by atoms with van der Waals surface area (Å²) in [4.78, 5) is 17.7. The highest BCUT2D eigenvalue weighted by Crippen LogP contribution is 2.50. The summed E-state index contributed by atoms with van der Waals surface area (Å²) >= 11 is 0. The summed E-state index contributed by atoms with van der Waals surface area (Å²) in [5.74, 6) is 1.61. The lowest BCUT2D eigenvalue weighted by molar-refractivity contribution is -0.134. The fourth-order valence-corrected chi connectivity index (χ4v) is 4.23. The minimum absolute atomic E-state index is 0.181. The van der Waals surface area contributed by atoms with Crippen LogP contribution in [0.25, 0.3) is 11.3 Å². The first-order valence-electron chi connectivity index (χ1n) is 10.4. The molecular formula is C24H25N3O3. The lowest BCUT2D eigenvalue weighted by Crippen LogP contribution is -2.51. The van der Waals surface area contributed by atoms with Gasteiger partial charge in [-0.15, -0.1) is 0 Å². The average molecular weight is 403 g/mol. The Labute approximate surface area is 176 Å². The number of ether oxygens (including phenoxy) is 1. The van der Waals surface area contributed by atoms with Crippen molar-refractivity contribution in [1.82, 2.24) is 10.1 Å². The van der Waals surface area contributed by atoms with Crippen molar-refractivity contribution in [2.45, 2.75) is 18.3 Å². The average Bonchev–Trinajstić information content (AvgIpc) is 3.48. The second kappa shape index (κ2) is 7.52.